The molecule has 0 bridgehead atoms. The second-order valence-corrected chi connectivity index (χ2v) is 7.71. The molecular weight excluding hydrogens is 290 g/mol. The van der Waals surface area contributed by atoms with Gasteiger partial charge in [-0.1, -0.05) is 6.42 Å². The lowest BCUT2D eigenvalue weighted by atomic mass is 9.86. The molecule has 2 N–H and O–H groups in total. The summed E-state index contributed by atoms with van der Waals surface area (Å²) in [5.41, 5.74) is 5.78. The summed E-state index contributed by atoms with van der Waals surface area (Å²) in [4.78, 5) is 4.29. The lowest BCUT2D eigenvalue weighted by Gasteiger charge is -2.30. The van der Waals surface area contributed by atoms with Crippen molar-refractivity contribution in [2.24, 2.45) is 11.7 Å². The molecule has 0 amide bonds. The first-order valence-corrected chi connectivity index (χ1v) is 8.64. The number of rotatable bonds is 5. The summed E-state index contributed by atoms with van der Waals surface area (Å²) in [6.45, 7) is 0.609. The lowest BCUT2D eigenvalue weighted by molar-refractivity contribution is 0.0922. The number of sulfonamides is 1. The highest BCUT2D eigenvalue weighted by Crippen LogP contribution is 2.27. The summed E-state index contributed by atoms with van der Waals surface area (Å²) in [5.74, 6) is 0.809. The van der Waals surface area contributed by atoms with Gasteiger partial charge in [-0.15, -0.1) is 0 Å². The van der Waals surface area contributed by atoms with E-state index in [4.69, 9.17) is 10.5 Å². The van der Waals surface area contributed by atoms with E-state index in [0.29, 0.717) is 18.3 Å². The molecule has 1 aliphatic carbocycles. The van der Waals surface area contributed by atoms with Crippen molar-refractivity contribution in [1.29, 1.82) is 0 Å². The van der Waals surface area contributed by atoms with Crippen LogP contribution in [-0.4, -0.2) is 44.5 Å². The zero-order valence-corrected chi connectivity index (χ0v) is 13.3. The van der Waals surface area contributed by atoms with Crippen LogP contribution in [0.5, 0.6) is 5.88 Å². The van der Waals surface area contributed by atoms with Crippen molar-refractivity contribution in [3.8, 4) is 5.88 Å². The summed E-state index contributed by atoms with van der Waals surface area (Å²) in [6, 6.07) is 3.14. The molecule has 7 heteroatoms. The van der Waals surface area contributed by atoms with E-state index in [9.17, 15) is 8.42 Å². The van der Waals surface area contributed by atoms with Crippen LogP contribution in [0.4, 0.5) is 0 Å². The fraction of sp³-hybridized carbons (Fsp3) is 0.643. The van der Waals surface area contributed by atoms with Crippen molar-refractivity contribution >= 4 is 10.0 Å². The van der Waals surface area contributed by atoms with Gasteiger partial charge in [0, 0.05) is 26.1 Å². The molecule has 21 heavy (non-hydrogen) atoms. The van der Waals surface area contributed by atoms with Crippen molar-refractivity contribution in [2.75, 3.05) is 20.6 Å². The Balaban J connectivity index is 2.09. The highest BCUT2D eigenvalue weighted by atomic mass is 32.2. The van der Waals surface area contributed by atoms with Crippen molar-refractivity contribution in [3.05, 3.63) is 18.3 Å². The number of aromatic nitrogens is 1. The molecule has 1 fully saturated rings. The molecule has 1 aromatic heterocycles. The molecule has 2 unspecified atom stereocenters. The van der Waals surface area contributed by atoms with Gasteiger partial charge >= 0.3 is 0 Å². The zero-order valence-electron chi connectivity index (χ0n) is 12.5. The van der Waals surface area contributed by atoms with Crippen LogP contribution in [0, 0.1) is 5.92 Å². The maximum atomic E-state index is 12.0. The molecule has 0 radical (unpaired) electrons. The van der Waals surface area contributed by atoms with Gasteiger partial charge in [0.1, 0.15) is 11.0 Å². The van der Waals surface area contributed by atoms with Crippen LogP contribution >= 0.6 is 0 Å². The maximum absolute atomic E-state index is 12.0. The zero-order chi connectivity index (χ0) is 15.5. The summed E-state index contributed by atoms with van der Waals surface area (Å²) in [6.07, 6.45) is 5.79. The van der Waals surface area contributed by atoms with E-state index >= 15 is 0 Å². The second-order valence-electron chi connectivity index (χ2n) is 5.56. The van der Waals surface area contributed by atoms with E-state index in [-0.39, 0.29) is 11.0 Å². The van der Waals surface area contributed by atoms with E-state index < -0.39 is 10.0 Å². The molecule has 0 saturated heterocycles. The van der Waals surface area contributed by atoms with Crippen LogP contribution < -0.4 is 10.5 Å². The monoisotopic (exact) mass is 313 g/mol. The molecule has 6 nitrogen and oxygen atoms in total. The number of nitrogens with two attached hydrogens (primary N) is 1. The highest BCUT2D eigenvalue weighted by molar-refractivity contribution is 7.89. The highest BCUT2D eigenvalue weighted by Gasteiger charge is 2.26. The summed E-state index contributed by atoms with van der Waals surface area (Å²) in [7, 11) is -0.460. The third-order valence-corrected chi connectivity index (χ3v) is 5.70. The van der Waals surface area contributed by atoms with E-state index in [1.807, 2.05) is 0 Å². The number of pyridine rings is 1. The molecule has 0 aliphatic heterocycles. The van der Waals surface area contributed by atoms with Gasteiger partial charge < -0.3 is 10.5 Å². The van der Waals surface area contributed by atoms with E-state index in [1.54, 1.807) is 6.07 Å². The Labute approximate surface area is 126 Å². The van der Waals surface area contributed by atoms with Gasteiger partial charge in [0.2, 0.25) is 15.9 Å². The smallest absolute Gasteiger partial charge is 0.244 e. The normalized spacial score (nSPS) is 23.2. The predicted molar refractivity (Wildman–Crippen MR) is 80.5 cm³/mol. The lowest BCUT2D eigenvalue weighted by Crippen LogP contribution is -2.35. The number of ether oxygens (including phenoxy) is 1. The first-order chi connectivity index (χ1) is 9.95. The van der Waals surface area contributed by atoms with Gasteiger partial charge in [-0.2, -0.15) is 0 Å². The molecule has 2 rings (SSSR count). The molecule has 1 heterocycles. The molecule has 0 aromatic carbocycles. The maximum Gasteiger partial charge on any atom is 0.244 e. The minimum atomic E-state index is -3.45. The Bertz CT molecular complexity index is 557. The molecule has 1 aliphatic rings. The van der Waals surface area contributed by atoms with Gasteiger partial charge in [0.25, 0.3) is 0 Å². The molecule has 2 atom stereocenters. The van der Waals surface area contributed by atoms with Gasteiger partial charge in [-0.3, -0.25) is 0 Å². The Kier molecular flexibility index (Phi) is 5.18. The van der Waals surface area contributed by atoms with Crippen molar-refractivity contribution < 1.29 is 13.2 Å². The molecule has 0 spiro atoms. The Morgan fingerprint density at radius 3 is 2.62 bits per heavy atom. The van der Waals surface area contributed by atoms with E-state index in [2.05, 4.69) is 4.98 Å². The van der Waals surface area contributed by atoms with Crippen LogP contribution in [0.2, 0.25) is 0 Å². The number of nitrogens with zero attached hydrogens (tertiary/aromatic N) is 2. The van der Waals surface area contributed by atoms with Crippen LogP contribution in [0.1, 0.15) is 25.7 Å². The Morgan fingerprint density at radius 2 is 2.05 bits per heavy atom. The first kappa shape index (κ1) is 16.2. The summed E-state index contributed by atoms with van der Waals surface area (Å²) in [5, 5.41) is 0. The van der Waals surface area contributed by atoms with Crippen LogP contribution in [-0.2, 0) is 10.0 Å². The van der Waals surface area contributed by atoms with Crippen molar-refractivity contribution in [1.82, 2.24) is 9.29 Å². The first-order valence-electron chi connectivity index (χ1n) is 7.20. The number of hydrogen-bond donors (Lipinski definition) is 1. The van der Waals surface area contributed by atoms with Gasteiger partial charge in [0.15, 0.2) is 0 Å². The minimum absolute atomic E-state index is 0.0764. The molecular formula is C14H23N3O3S. The summed E-state index contributed by atoms with van der Waals surface area (Å²) >= 11 is 0. The van der Waals surface area contributed by atoms with E-state index in [1.165, 1.54) is 32.8 Å². The molecule has 1 saturated carbocycles. The average molecular weight is 313 g/mol. The second kappa shape index (κ2) is 6.72. The topological polar surface area (TPSA) is 85.5 Å². The standard InChI is InChI=1S/C14H23N3O3S/c1-17(2)21(18,19)12-7-8-14(16-10-12)20-13-6-4-3-5-11(13)9-15/h7-8,10-11,13H,3-6,9,15H2,1-2H3. The minimum Gasteiger partial charge on any atom is -0.474 e. The fourth-order valence-electron chi connectivity index (χ4n) is 2.55. The van der Waals surface area contributed by atoms with Gasteiger partial charge in [-0.25, -0.2) is 17.7 Å². The Hall–Kier alpha value is -1.18. The fourth-order valence-corrected chi connectivity index (χ4v) is 3.40. The van der Waals surface area contributed by atoms with Gasteiger partial charge in [0.05, 0.1) is 6.20 Å². The van der Waals surface area contributed by atoms with Crippen molar-refractivity contribution in [3.63, 3.8) is 0 Å². The average Bonchev–Trinajstić information content (AvgIpc) is 2.48. The number of hydrogen-bond acceptors (Lipinski definition) is 5. The van der Waals surface area contributed by atoms with Crippen molar-refractivity contribution in [2.45, 2.75) is 36.7 Å². The molecule has 118 valence electrons. The van der Waals surface area contributed by atoms with Gasteiger partial charge in [-0.05, 0) is 31.9 Å². The predicted octanol–water partition coefficient (Wildman–Crippen LogP) is 1.23. The Morgan fingerprint density at radius 1 is 1.33 bits per heavy atom. The SMILES string of the molecule is CN(C)S(=O)(=O)c1ccc(OC2CCCCC2CN)nc1. The van der Waals surface area contributed by atoms with Crippen LogP contribution in [0.25, 0.3) is 0 Å². The summed E-state index contributed by atoms with van der Waals surface area (Å²) < 4.78 is 31.0. The van der Waals surface area contributed by atoms with Crippen LogP contribution in [0.15, 0.2) is 23.2 Å². The third-order valence-electron chi connectivity index (χ3n) is 3.90. The quantitative estimate of drug-likeness (QED) is 0.883. The van der Waals surface area contributed by atoms with Crippen LogP contribution in [0.3, 0.4) is 0 Å². The third kappa shape index (κ3) is 3.72. The van der Waals surface area contributed by atoms with E-state index in [0.717, 1.165) is 23.6 Å². The largest absolute Gasteiger partial charge is 0.474 e. The molecule has 1 aromatic rings.